The Morgan fingerprint density at radius 1 is 0.931 bits per heavy atom. The zero-order chi connectivity index (χ0) is 21.2. The molecule has 0 aliphatic rings. The van der Waals surface area contributed by atoms with Crippen molar-refractivity contribution in [1.82, 2.24) is 9.55 Å². The highest BCUT2D eigenvalue weighted by Gasteiger charge is 2.37. The first-order valence-electron chi connectivity index (χ1n) is 8.21. The second kappa shape index (κ2) is 7.61. The van der Waals surface area contributed by atoms with Crippen molar-refractivity contribution in [2.45, 2.75) is 18.9 Å². The number of alkyl halides is 6. The molecule has 3 rings (SSSR count). The number of anilines is 1. The van der Waals surface area contributed by atoms with Crippen molar-refractivity contribution in [2.75, 3.05) is 5.32 Å². The minimum atomic E-state index is -5.03. The number of rotatable bonds is 4. The molecule has 0 amide bonds. The average Bonchev–Trinajstić information content (AvgIpc) is 3.13. The molecule has 2 aromatic heterocycles. The minimum absolute atomic E-state index is 0.0179. The number of carbonyl (C=O) groups excluding carboxylic acids is 1. The molecule has 152 valence electrons. The van der Waals surface area contributed by atoms with Gasteiger partial charge in [0.15, 0.2) is 0 Å². The molecule has 10 heteroatoms. The fourth-order valence-electron chi connectivity index (χ4n) is 2.62. The van der Waals surface area contributed by atoms with Crippen LogP contribution in [0.5, 0.6) is 0 Å². The summed E-state index contributed by atoms with van der Waals surface area (Å²) in [5.41, 5.74) is -3.47. The van der Waals surface area contributed by atoms with E-state index in [0.29, 0.717) is 23.6 Å². The molecule has 0 spiro atoms. The van der Waals surface area contributed by atoms with Crippen LogP contribution in [0.25, 0.3) is 0 Å². The van der Waals surface area contributed by atoms with Crippen LogP contribution in [0.4, 0.5) is 32.2 Å². The molecule has 0 aliphatic heterocycles. The molecule has 0 atom stereocenters. The van der Waals surface area contributed by atoms with Crippen molar-refractivity contribution < 1.29 is 31.1 Å². The van der Waals surface area contributed by atoms with Gasteiger partial charge in [0.1, 0.15) is 5.82 Å². The second-order valence-electron chi connectivity index (χ2n) is 6.04. The zero-order valence-electron chi connectivity index (χ0n) is 14.6. The van der Waals surface area contributed by atoms with Gasteiger partial charge >= 0.3 is 12.4 Å². The number of nitrogens with zero attached hydrogens (tertiary/aromatic N) is 2. The van der Waals surface area contributed by atoms with E-state index in [1.165, 1.54) is 24.5 Å². The van der Waals surface area contributed by atoms with E-state index in [4.69, 9.17) is 0 Å². The third-order valence-electron chi connectivity index (χ3n) is 4.00. The summed E-state index contributed by atoms with van der Waals surface area (Å²) in [6, 6.07) is 8.87. The number of benzene rings is 1. The summed E-state index contributed by atoms with van der Waals surface area (Å²) >= 11 is 0. The third kappa shape index (κ3) is 4.76. The van der Waals surface area contributed by atoms with Gasteiger partial charge in [0, 0.05) is 23.7 Å². The van der Waals surface area contributed by atoms with Crippen LogP contribution in [0.15, 0.2) is 60.9 Å². The number of carbonyl (C=O) groups is 1. The summed E-state index contributed by atoms with van der Waals surface area (Å²) in [6.07, 6.45) is -7.26. The van der Waals surface area contributed by atoms with E-state index in [1.54, 1.807) is 18.2 Å². The van der Waals surface area contributed by atoms with Crippen molar-refractivity contribution >= 4 is 11.7 Å². The van der Waals surface area contributed by atoms with Crippen molar-refractivity contribution in [1.29, 1.82) is 0 Å². The third-order valence-corrected chi connectivity index (χ3v) is 4.00. The summed E-state index contributed by atoms with van der Waals surface area (Å²) < 4.78 is 79.2. The van der Waals surface area contributed by atoms with Crippen LogP contribution in [-0.4, -0.2) is 15.5 Å². The van der Waals surface area contributed by atoms with E-state index in [9.17, 15) is 31.1 Å². The van der Waals surface area contributed by atoms with Gasteiger partial charge in [0.05, 0.1) is 17.7 Å². The van der Waals surface area contributed by atoms with E-state index in [2.05, 4.69) is 10.3 Å². The lowest BCUT2D eigenvalue weighted by Gasteiger charge is -2.15. The smallest absolute Gasteiger partial charge is 0.364 e. The first-order valence-corrected chi connectivity index (χ1v) is 8.21. The quantitative estimate of drug-likeness (QED) is 0.597. The maximum atomic E-state index is 13.0. The molecule has 1 N–H and O–H groups in total. The standard InChI is InChI=1S/C19H13F6N3O/c20-18(21,22)13-8-12(9-14(10-13)19(23,24)25)17(29)28-7-3-4-15(28)11-27-16-5-1-2-6-26-16/h1-10H,11H2,(H,26,27). The summed E-state index contributed by atoms with van der Waals surface area (Å²) in [6.45, 7) is 0.0842. The largest absolute Gasteiger partial charge is 0.416 e. The van der Waals surface area contributed by atoms with Crippen LogP contribution < -0.4 is 5.32 Å². The Labute approximate surface area is 160 Å². The van der Waals surface area contributed by atoms with E-state index in [0.717, 1.165) is 4.57 Å². The van der Waals surface area contributed by atoms with Crippen LogP contribution in [0, 0.1) is 0 Å². The number of hydrogen-bond acceptors (Lipinski definition) is 3. The Morgan fingerprint density at radius 3 is 2.14 bits per heavy atom. The van der Waals surface area contributed by atoms with Gasteiger partial charge in [-0.1, -0.05) is 6.07 Å². The van der Waals surface area contributed by atoms with Crippen LogP contribution in [0.2, 0.25) is 0 Å². The average molecular weight is 413 g/mol. The van der Waals surface area contributed by atoms with E-state index in [1.807, 2.05) is 0 Å². The normalized spacial score (nSPS) is 12.1. The number of halogens is 6. The molecule has 0 saturated heterocycles. The monoisotopic (exact) mass is 413 g/mol. The lowest BCUT2D eigenvalue weighted by molar-refractivity contribution is -0.143. The fraction of sp³-hybridized carbons (Fsp3) is 0.158. The van der Waals surface area contributed by atoms with Crippen molar-refractivity contribution in [2.24, 2.45) is 0 Å². The SMILES string of the molecule is O=C(c1cc(C(F)(F)F)cc(C(F)(F)F)c1)n1cccc1CNc1ccccn1. The van der Waals surface area contributed by atoms with Crippen LogP contribution in [0.1, 0.15) is 27.2 Å². The lowest BCUT2D eigenvalue weighted by atomic mass is 10.0. The minimum Gasteiger partial charge on any atom is -0.364 e. The van der Waals surface area contributed by atoms with Gasteiger partial charge in [-0.3, -0.25) is 9.36 Å². The zero-order valence-corrected chi connectivity index (χ0v) is 14.6. The summed E-state index contributed by atoms with van der Waals surface area (Å²) in [5.74, 6) is -0.518. The molecule has 3 aromatic rings. The molecule has 29 heavy (non-hydrogen) atoms. The lowest BCUT2D eigenvalue weighted by Crippen LogP contribution is -2.19. The Bertz CT molecular complexity index is 977. The highest BCUT2D eigenvalue weighted by molar-refractivity contribution is 5.97. The molecule has 0 saturated carbocycles. The number of hydrogen-bond donors (Lipinski definition) is 1. The summed E-state index contributed by atoms with van der Waals surface area (Å²) in [7, 11) is 0. The van der Waals surface area contributed by atoms with E-state index < -0.39 is 35.0 Å². The molecule has 0 aliphatic carbocycles. The van der Waals surface area contributed by atoms with Gasteiger partial charge in [-0.05, 0) is 42.5 Å². The van der Waals surface area contributed by atoms with Gasteiger partial charge < -0.3 is 5.32 Å². The molecule has 2 heterocycles. The van der Waals surface area contributed by atoms with Crippen molar-refractivity contribution in [3.63, 3.8) is 0 Å². The van der Waals surface area contributed by atoms with Gasteiger partial charge in [0.2, 0.25) is 0 Å². The van der Waals surface area contributed by atoms with E-state index in [-0.39, 0.29) is 12.6 Å². The van der Waals surface area contributed by atoms with Gasteiger partial charge in [-0.2, -0.15) is 26.3 Å². The maximum absolute atomic E-state index is 13.0. The number of pyridine rings is 1. The number of nitrogens with one attached hydrogen (secondary N) is 1. The first kappa shape index (κ1) is 20.4. The second-order valence-corrected chi connectivity index (χ2v) is 6.04. The molecular formula is C19H13F6N3O. The Morgan fingerprint density at radius 2 is 1.59 bits per heavy atom. The topological polar surface area (TPSA) is 46.9 Å². The molecule has 1 aromatic carbocycles. The van der Waals surface area contributed by atoms with Gasteiger partial charge in [0.25, 0.3) is 5.91 Å². The molecular weight excluding hydrogens is 400 g/mol. The molecule has 0 radical (unpaired) electrons. The van der Waals surface area contributed by atoms with Crippen LogP contribution in [-0.2, 0) is 18.9 Å². The van der Waals surface area contributed by atoms with Gasteiger partial charge in [-0.25, -0.2) is 4.98 Å². The Kier molecular flexibility index (Phi) is 5.36. The molecule has 0 bridgehead atoms. The predicted octanol–water partition coefficient (Wildman–Crippen LogP) is 5.22. The molecule has 0 fully saturated rings. The predicted molar refractivity (Wildman–Crippen MR) is 92.2 cm³/mol. The van der Waals surface area contributed by atoms with E-state index >= 15 is 0 Å². The molecule has 0 unspecified atom stereocenters. The summed E-state index contributed by atoms with van der Waals surface area (Å²) in [4.78, 5) is 16.7. The highest BCUT2D eigenvalue weighted by atomic mass is 19.4. The number of aromatic nitrogens is 2. The first-order chi connectivity index (χ1) is 13.6. The van der Waals surface area contributed by atoms with Crippen molar-refractivity contribution in [3.8, 4) is 0 Å². The van der Waals surface area contributed by atoms with Gasteiger partial charge in [-0.15, -0.1) is 0 Å². The van der Waals surface area contributed by atoms with Crippen molar-refractivity contribution in [3.05, 3.63) is 83.3 Å². The molecule has 4 nitrogen and oxygen atoms in total. The van der Waals surface area contributed by atoms with Crippen LogP contribution >= 0.6 is 0 Å². The maximum Gasteiger partial charge on any atom is 0.416 e. The van der Waals surface area contributed by atoms with Crippen LogP contribution in [0.3, 0.4) is 0 Å². The summed E-state index contributed by atoms with van der Waals surface area (Å²) in [5, 5.41) is 2.92. The Hall–Kier alpha value is -3.30. The Balaban J connectivity index is 1.94. The fourth-order valence-corrected chi connectivity index (χ4v) is 2.62. The highest BCUT2D eigenvalue weighted by Crippen LogP contribution is 2.36.